The highest BCUT2D eigenvalue weighted by Crippen LogP contribution is 2.35. The molecule has 0 aliphatic carbocycles. The van der Waals surface area contributed by atoms with Crippen LogP contribution in [0, 0.1) is 11.7 Å². The number of hydrogen-bond acceptors (Lipinski definition) is 7. The van der Waals surface area contributed by atoms with Crippen molar-refractivity contribution in [3.05, 3.63) is 48.3 Å². The molecule has 0 spiro atoms. The highest BCUT2D eigenvalue weighted by atomic mass is 19.4. The van der Waals surface area contributed by atoms with Crippen molar-refractivity contribution in [2.75, 3.05) is 18.0 Å². The van der Waals surface area contributed by atoms with Crippen LogP contribution in [0.3, 0.4) is 0 Å². The van der Waals surface area contributed by atoms with Gasteiger partial charge in [-0.3, -0.25) is 9.78 Å². The van der Waals surface area contributed by atoms with Gasteiger partial charge in [0.2, 0.25) is 11.9 Å². The molecule has 33 heavy (non-hydrogen) atoms. The summed E-state index contributed by atoms with van der Waals surface area (Å²) < 4.78 is 50.7. The topological polar surface area (TPSA) is 118 Å². The molecule has 0 unspecified atom stereocenters. The maximum absolute atomic E-state index is 12.9. The van der Waals surface area contributed by atoms with Gasteiger partial charge in [0.15, 0.2) is 5.82 Å². The zero-order valence-electron chi connectivity index (χ0n) is 17.2. The van der Waals surface area contributed by atoms with Gasteiger partial charge in [0.1, 0.15) is 0 Å². The average molecular weight is 471 g/mol. The lowest BCUT2D eigenvalue weighted by atomic mass is 10.0. The number of fused-ring (bicyclic) bond motifs is 1. The summed E-state index contributed by atoms with van der Waals surface area (Å²) in [7, 11) is 0. The number of aromatic nitrogens is 3. The first-order chi connectivity index (χ1) is 15.6. The zero-order valence-corrected chi connectivity index (χ0v) is 17.2. The van der Waals surface area contributed by atoms with Crippen LogP contribution in [-0.4, -0.2) is 63.4 Å². The first-order valence-electron chi connectivity index (χ1n) is 9.96. The Morgan fingerprint density at radius 1 is 1.18 bits per heavy atom. The van der Waals surface area contributed by atoms with E-state index in [0.29, 0.717) is 31.4 Å². The normalized spacial score (nSPS) is 21.7. The lowest BCUT2D eigenvalue weighted by molar-refractivity contribution is -0.192. The minimum Gasteiger partial charge on any atom is -0.475 e. The Labute approximate surface area is 185 Å². The smallest absolute Gasteiger partial charge is 0.475 e. The monoisotopic (exact) mass is 471 g/mol. The van der Waals surface area contributed by atoms with Gasteiger partial charge in [-0.2, -0.15) is 13.2 Å². The van der Waals surface area contributed by atoms with Crippen LogP contribution in [0.15, 0.2) is 36.8 Å². The number of ether oxygens (including phenoxy) is 1. The molecule has 0 saturated carbocycles. The van der Waals surface area contributed by atoms with E-state index in [4.69, 9.17) is 14.6 Å². The number of carbonyl (C=O) groups is 2. The Bertz CT molecular complexity index is 932. The van der Waals surface area contributed by atoms with E-state index in [1.54, 1.807) is 6.20 Å². The highest BCUT2D eigenvalue weighted by molar-refractivity contribution is 5.76. The fraction of sp³-hybridized carbons (Fsp3) is 0.450. The predicted molar refractivity (Wildman–Crippen MR) is 105 cm³/mol. The van der Waals surface area contributed by atoms with Crippen LogP contribution in [0.4, 0.5) is 23.5 Å². The first kappa shape index (κ1) is 24.3. The quantitative estimate of drug-likeness (QED) is 0.636. The number of alkyl halides is 3. The summed E-state index contributed by atoms with van der Waals surface area (Å²) in [6, 6.07) is 5.62. The molecule has 0 aromatic carbocycles. The molecule has 3 atom stereocenters. The molecule has 4 rings (SSSR count). The third-order valence-electron chi connectivity index (χ3n) is 5.05. The third-order valence-corrected chi connectivity index (χ3v) is 5.05. The number of carbonyl (C=O) groups excluding carboxylic acids is 1. The van der Waals surface area contributed by atoms with Crippen molar-refractivity contribution >= 4 is 17.8 Å². The number of nitrogens with one attached hydrogen (secondary N) is 1. The van der Waals surface area contributed by atoms with Gasteiger partial charge in [0.25, 0.3) is 0 Å². The number of rotatable bonds is 5. The van der Waals surface area contributed by atoms with Crippen LogP contribution in [-0.2, 0) is 20.9 Å². The number of nitrogens with zero attached hydrogens (tertiary/aromatic N) is 4. The van der Waals surface area contributed by atoms with Gasteiger partial charge in [-0.15, -0.1) is 0 Å². The van der Waals surface area contributed by atoms with E-state index in [9.17, 15) is 22.4 Å². The second kappa shape index (κ2) is 10.5. The van der Waals surface area contributed by atoms with Crippen LogP contribution in [0.5, 0.6) is 0 Å². The van der Waals surface area contributed by atoms with E-state index in [-0.39, 0.29) is 18.1 Å². The maximum Gasteiger partial charge on any atom is 0.490 e. The van der Waals surface area contributed by atoms with Gasteiger partial charge in [-0.25, -0.2) is 19.2 Å². The Hall–Kier alpha value is -3.35. The molecule has 13 heteroatoms. The van der Waals surface area contributed by atoms with E-state index in [1.165, 1.54) is 12.4 Å². The third kappa shape index (κ3) is 7.07. The number of hydrogen-bond donors (Lipinski definition) is 2. The number of carboxylic acid groups (broad SMARTS) is 1. The van der Waals surface area contributed by atoms with E-state index in [1.807, 2.05) is 23.1 Å². The van der Waals surface area contributed by atoms with Crippen LogP contribution in [0.1, 0.15) is 18.5 Å². The lowest BCUT2D eigenvalue weighted by Crippen LogP contribution is -2.30. The highest BCUT2D eigenvalue weighted by Gasteiger charge is 2.43. The molecule has 178 valence electrons. The molecule has 2 aromatic rings. The summed E-state index contributed by atoms with van der Waals surface area (Å²) in [4.78, 5) is 35.3. The van der Waals surface area contributed by atoms with Gasteiger partial charge < -0.3 is 20.1 Å². The van der Waals surface area contributed by atoms with Crippen LogP contribution >= 0.6 is 0 Å². The van der Waals surface area contributed by atoms with Crippen molar-refractivity contribution < 1.29 is 37.0 Å². The summed E-state index contributed by atoms with van der Waals surface area (Å²) in [5.74, 6) is -2.36. The van der Waals surface area contributed by atoms with Gasteiger partial charge in [-0.1, -0.05) is 6.07 Å². The Morgan fingerprint density at radius 3 is 2.45 bits per heavy atom. The van der Waals surface area contributed by atoms with E-state index in [0.717, 1.165) is 18.7 Å². The molecule has 2 N–H and O–H groups in total. The average Bonchev–Trinajstić information content (AvgIpc) is 3.32. The molecular formula is C20H21F4N5O4. The SMILES string of the molecule is O=C(C[C@@H]1C[C@H]2CN(c3ncc(F)cn3)C[C@H]2O1)NCc1ccccn1.O=C(O)C(F)(F)F. The van der Waals surface area contributed by atoms with Crippen LogP contribution in [0.25, 0.3) is 0 Å². The van der Waals surface area contributed by atoms with Crippen LogP contribution < -0.4 is 10.2 Å². The molecule has 2 aliphatic heterocycles. The molecule has 4 heterocycles. The van der Waals surface area contributed by atoms with Crippen molar-refractivity contribution in [3.63, 3.8) is 0 Å². The molecule has 0 bridgehead atoms. The summed E-state index contributed by atoms with van der Waals surface area (Å²) >= 11 is 0. The fourth-order valence-corrected chi connectivity index (χ4v) is 3.60. The van der Waals surface area contributed by atoms with Crippen molar-refractivity contribution in [3.8, 4) is 0 Å². The van der Waals surface area contributed by atoms with Crippen molar-refractivity contribution in [2.24, 2.45) is 5.92 Å². The van der Waals surface area contributed by atoms with E-state index in [2.05, 4.69) is 20.3 Å². The number of halogens is 4. The Morgan fingerprint density at radius 2 is 1.88 bits per heavy atom. The number of carboxylic acids is 1. The minimum absolute atomic E-state index is 0.0284. The lowest BCUT2D eigenvalue weighted by Gasteiger charge is -2.19. The van der Waals surface area contributed by atoms with Crippen LogP contribution in [0.2, 0.25) is 0 Å². The van der Waals surface area contributed by atoms with Gasteiger partial charge in [0, 0.05) is 25.2 Å². The molecule has 9 nitrogen and oxygen atoms in total. The van der Waals surface area contributed by atoms with Gasteiger partial charge >= 0.3 is 12.1 Å². The van der Waals surface area contributed by atoms with Crippen molar-refractivity contribution in [2.45, 2.75) is 37.8 Å². The standard InChI is InChI=1S/C18H20FN5O2.C2HF3O2/c19-13-7-22-18(23-8-13)24-10-12-5-15(26-16(12)11-24)6-17(25)21-9-14-3-1-2-4-20-14;3-2(4,5)1(6)7/h1-4,7-8,12,15-16H,5-6,9-11H2,(H,21,25);(H,6,7)/t12-,15-,16+;/m0./s1. The molecule has 2 saturated heterocycles. The number of aliphatic carboxylic acids is 1. The summed E-state index contributed by atoms with van der Waals surface area (Å²) in [5.41, 5.74) is 0.833. The summed E-state index contributed by atoms with van der Waals surface area (Å²) in [5, 5.41) is 10.0. The largest absolute Gasteiger partial charge is 0.490 e. The van der Waals surface area contributed by atoms with E-state index < -0.39 is 18.0 Å². The summed E-state index contributed by atoms with van der Waals surface area (Å²) in [6.45, 7) is 1.86. The number of anilines is 1. The number of pyridine rings is 1. The second-order valence-electron chi connectivity index (χ2n) is 7.50. The molecule has 0 radical (unpaired) electrons. The van der Waals surface area contributed by atoms with Crippen molar-refractivity contribution in [1.29, 1.82) is 0 Å². The second-order valence-corrected chi connectivity index (χ2v) is 7.50. The molecule has 1 amide bonds. The molecule has 2 fully saturated rings. The Balaban J connectivity index is 0.000000383. The number of amides is 1. The first-order valence-corrected chi connectivity index (χ1v) is 9.96. The van der Waals surface area contributed by atoms with Gasteiger partial charge in [-0.05, 0) is 18.6 Å². The van der Waals surface area contributed by atoms with Crippen molar-refractivity contribution in [1.82, 2.24) is 20.3 Å². The fourth-order valence-electron chi connectivity index (χ4n) is 3.60. The Kier molecular flexibility index (Phi) is 7.74. The zero-order chi connectivity index (χ0) is 24.0. The molecular weight excluding hydrogens is 450 g/mol. The minimum atomic E-state index is -5.08. The van der Waals surface area contributed by atoms with Gasteiger partial charge in [0.05, 0.1) is 43.3 Å². The molecule has 2 aromatic heterocycles. The maximum atomic E-state index is 12.9. The molecule has 2 aliphatic rings. The van der Waals surface area contributed by atoms with E-state index >= 15 is 0 Å². The summed E-state index contributed by atoms with van der Waals surface area (Å²) in [6.07, 6.45) is 0.158. The predicted octanol–water partition coefficient (Wildman–Crippen LogP) is 1.94.